The maximum Gasteiger partial charge on any atom is 0.295 e. The van der Waals surface area contributed by atoms with Gasteiger partial charge in [-0.05, 0) is 30.9 Å². The Morgan fingerprint density at radius 3 is 3.05 bits per heavy atom. The van der Waals surface area contributed by atoms with E-state index in [9.17, 15) is 0 Å². The number of nitrogens with two attached hydrogens (primary N) is 1. The molecule has 3 rings (SSSR count). The van der Waals surface area contributed by atoms with Crippen LogP contribution in [0.3, 0.4) is 0 Å². The van der Waals surface area contributed by atoms with Gasteiger partial charge in [0.15, 0.2) is 5.58 Å². The number of rotatable bonds is 3. The zero-order valence-electron chi connectivity index (χ0n) is 11.4. The predicted molar refractivity (Wildman–Crippen MR) is 78.1 cm³/mol. The highest BCUT2D eigenvalue weighted by molar-refractivity contribution is 5.78. The summed E-state index contributed by atoms with van der Waals surface area (Å²) < 4.78 is 5.74. The molecule has 0 bridgehead atoms. The van der Waals surface area contributed by atoms with E-state index in [0.29, 0.717) is 17.7 Å². The summed E-state index contributed by atoms with van der Waals surface area (Å²) in [5.41, 5.74) is 8.08. The van der Waals surface area contributed by atoms with Crippen LogP contribution in [0.25, 0.3) is 11.1 Å². The molecule has 1 aromatic heterocycles. The third-order valence-electron chi connectivity index (χ3n) is 4.15. The minimum absolute atomic E-state index is 0.490. The van der Waals surface area contributed by atoms with Gasteiger partial charge < -0.3 is 15.5 Å². The Labute approximate surface area is 113 Å². The van der Waals surface area contributed by atoms with Crippen molar-refractivity contribution in [3.8, 4) is 0 Å². The predicted octanol–water partition coefficient (Wildman–Crippen LogP) is 3.79. The van der Waals surface area contributed by atoms with Crippen molar-refractivity contribution in [2.75, 3.05) is 11.1 Å². The highest BCUT2D eigenvalue weighted by atomic mass is 16.4. The summed E-state index contributed by atoms with van der Waals surface area (Å²) in [4.78, 5) is 4.48. The maximum absolute atomic E-state index is 5.75. The third kappa shape index (κ3) is 2.53. The summed E-state index contributed by atoms with van der Waals surface area (Å²) in [6, 6.07) is 6.70. The zero-order chi connectivity index (χ0) is 13.2. The van der Waals surface area contributed by atoms with Crippen LogP contribution in [0.1, 0.15) is 39.0 Å². The standard InChI is InChI=1S/C15H21N3O/c1-2-10-5-3-4-6-12(10)17-15-18-13-8-7-11(16)9-14(13)19-15/h7-10,12H,2-6,16H2,1H3,(H,17,18). The van der Waals surface area contributed by atoms with Crippen molar-refractivity contribution in [3.63, 3.8) is 0 Å². The molecule has 1 saturated carbocycles. The summed E-state index contributed by atoms with van der Waals surface area (Å²) in [5, 5.41) is 3.47. The Morgan fingerprint density at radius 2 is 2.21 bits per heavy atom. The van der Waals surface area contributed by atoms with Crippen molar-refractivity contribution in [1.82, 2.24) is 4.98 Å². The molecule has 1 aromatic carbocycles. The smallest absolute Gasteiger partial charge is 0.295 e. The molecule has 0 aliphatic heterocycles. The first-order valence-corrected chi connectivity index (χ1v) is 7.19. The fourth-order valence-electron chi connectivity index (χ4n) is 3.05. The maximum atomic E-state index is 5.75. The number of fused-ring (bicyclic) bond motifs is 1. The van der Waals surface area contributed by atoms with Gasteiger partial charge in [-0.1, -0.05) is 26.2 Å². The average Bonchev–Trinajstić information content (AvgIpc) is 2.80. The van der Waals surface area contributed by atoms with Crippen LogP contribution in [-0.2, 0) is 0 Å². The molecule has 1 heterocycles. The number of oxazole rings is 1. The number of hydrogen-bond acceptors (Lipinski definition) is 4. The second-order valence-electron chi connectivity index (χ2n) is 5.45. The van der Waals surface area contributed by atoms with Gasteiger partial charge in [-0.3, -0.25) is 0 Å². The Morgan fingerprint density at radius 1 is 1.37 bits per heavy atom. The molecular weight excluding hydrogens is 238 g/mol. The first kappa shape index (κ1) is 12.3. The van der Waals surface area contributed by atoms with Crippen LogP contribution in [-0.4, -0.2) is 11.0 Å². The van der Waals surface area contributed by atoms with Gasteiger partial charge >= 0.3 is 0 Å². The monoisotopic (exact) mass is 259 g/mol. The molecule has 0 radical (unpaired) electrons. The van der Waals surface area contributed by atoms with Crippen molar-refractivity contribution in [2.24, 2.45) is 5.92 Å². The van der Waals surface area contributed by atoms with Crippen molar-refractivity contribution in [1.29, 1.82) is 0 Å². The molecule has 0 spiro atoms. The fraction of sp³-hybridized carbons (Fsp3) is 0.533. The first-order valence-electron chi connectivity index (χ1n) is 7.19. The van der Waals surface area contributed by atoms with Gasteiger partial charge in [-0.2, -0.15) is 4.98 Å². The molecule has 2 unspecified atom stereocenters. The number of nitrogens with zero attached hydrogens (tertiary/aromatic N) is 1. The minimum atomic E-state index is 0.490. The second kappa shape index (κ2) is 5.11. The van der Waals surface area contributed by atoms with E-state index in [1.807, 2.05) is 18.2 Å². The largest absolute Gasteiger partial charge is 0.423 e. The van der Waals surface area contributed by atoms with E-state index in [4.69, 9.17) is 10.2 Å². The molecule has 2 atom stereocenters. The van der Waals surface area contributed by atoms with Crippen LogP contribution in [0.2, 0.25) is 0 Å². The summed E-state index contributed by atoms with van der Waals surface area (Å²) in [6.45, 7) is 2.26. The molecule has 4 heteroatoms. The van der Waals surface area contributed by atoms with Crippen LogP contribution in [0.15, 0.2) is 22.6 Å². The van der Waals surface area contributed by atoms with E-state index in [1.54, 1.807) is 0 Å². The summed E-state index contributed by atoms with van der Waals surface area (Å²) >= 11 is 0. The van der Waals surface area contributed by atoms with Crippen molar-refractivity contribution < 1.29 is 4.42 Å². The van der Waals surface area contributed by atoms with Crippen molar-refractivity contribution in [2.45, 2.75) is 45.1 Å². The number of hydrogen-bond donors (Lipinski definition) is 2. The van der Waals surface area contributed by atoms with Gasteiger partial charge in [0.1, 0.15) is 5.52 Å². The molecule has 1 aliphatic carbocycles. The highest BCUT2D eigenvalue weighted by Gasteiger charge is 2.24. The highest BCUT2D eigenvalue weighted by Crippen LogP contribution is 2.30. The van der Waals surface area contributed by atoms with E-state index < -0.39 is 0 Å². The SMILES string of the molecule is CCC1CCCCC1Nc1nc2ccc(N)cc2o1. The van der Waals surface area contributed by atoms with Gasteiger partial charge in [-0.25, -0.2) is 0 Å². The number of benzene rings is 1. The van der Waals surface area contributed by atoms with Gasteiger partial charge in [0, 0.05) is 17.8 Å². The number of nitrogen functional groups attached to an aromatic ring is 1. The quantitative estimate of drug-likeness (QED) is 0.823. The molecule has 19 heavy (non-hydrogen) atoms. The molecule has 1 fully saturated rings. The lowest BCUT2D eigenvalue weighted by Gasteiger charge is -2.30. The van der Waals surface area contributed by atoms with Crippen LogP contribution >= 0.6 is 0 Å². The Kier molecular flexibility index (Phi) is 3.32. The van der Waals surface area contributed by atoms with Gasteiger partial charge in [-0.15, -0.1) is 0 Å². The molecule has 2 aromatic rings. The third-order valence-corrected chi connectivity index (χ3v) is 4.15. The first-order chi connectivity index (χ1) is 9.26. The van der Waals surface area contributed by atoms with Gasteiger partial charge in [0.2, 0.25) is 0 Å². The lowest BCUT2D eigenvalue weighted by atomic mass is 9.83. The normalized spacial score (nSPS) is 23.6. The van der Waals surface area contributed by atoms with Crippen LogP contribution in [0.4, 0.5) is 11.7 Å². The number of anilines is 2. The Hall–Kier alpha value is -1.71. The van der Waals surface area contributed by atoms with Gasteiger partial charge in [0.25, 0.3) is 6.01 Å². The van der Waals surface area contributed by atoms with Gasteiger partial charge in [0.05, 0.1) is 0 Å². The molecule has 0 saturated heterocycles. The Bertz CT molecular complexity index is 564. The van der Waals surface area contributed by atoms with E-state index in [2.05, 4.69) is 17.2 Å². The van der Waals surface area contributed by atoms with Crippen LogP contribution < -0.4 is 11.1 Å². The molecule has 3 N–H and O–H groups in total. The summed E-state index contributed by atoms with van der Waals surface area (Å²) in [5.74, 6) is 0.730. The lowest BCUT2D eigenvalue weighted by Crippen LogP contribution is -2.31. The van der Waals surface area contributed by atoms with Crippen molar-refractivity contribution in [3.05, 3.63) is 18.2 Å². The second-order valence-corrected chi connectivity index (χ2v) is 5.45. The average molecular weight is 259 g/mol. The molecule has 0 amide bonds. The molecule has 4 nitrogen and oxygen atoms in total. The Balaban J connectivity index is 1.80. The van der Waals surface area contributed by atoms with Crippen molar-refractivity contribution >= 4 is 22.8 Å². The lowest BCUT2D eigenvalue weighted by molar-refractivity contribution is 0.313. The van der Waals surface area contributed by atoms with E-state index in [0.717, 1.165) is 17.0 Å². The fourth-order valence-corrected chi connectivity index (χ4v) is 3.05. The zero-order valence-corrected chi connectivity index (χ0v) is 11.4. The van der Waals surface area contributed by atoms with Crippen LogP contribution in [0, 0.1) is 5.92 Å². The van der Waals surface area contributed by atoms with E-state index >= 15 is 0 Å². The minimum Gasteiger partial charge on any atom is -0.423 e. The molecule has 102 valence electrons. The van der Waals surface area contributed by atoms with E-state index in [-0.39, 0.29) is 0 Å². The topological polar surface area (TPSA) is 64.1 Å². The number of nitrogens with one attached hydrogen (secondary N) is 1. The number of aromatic nitrogens is 1. The molecule has 1 aliphatic rings. The summed E-state index contributed by atoms with van der Waals surface area (Å²) in [7, 11) is 0. The van der Waals surface area contributed by atoms with Crippen LogP contribution in [0.5, 0.6) is 0 Å². The molecular formula is C15H21N3O. The summed E-state index contributed by atoms with van der Waals surface area (Å²) in [6.07, 6.45) is 6.37. The van der Waals surface area contributed by atoms with E-state index in [1.165, 1.54) is 32.1 Å².